The van der Waals surface area contributed by atoms with Crippen molar-refractivity contribution in [2.45, 2.75) is 26.3 Å². The lowest BCUT2D eigenvalue weighted by Gasteiger charge is -2.13. The fraction of sp³-hybridized carbons (Fsp3) is 0.467. The van der Waals surface area contributed by atoms with Crippen molar-refractivity contribution < 1.29 is 13.8 Å². The third kappa shape index (κ3) is 5.99. The van der Waals surface area contributed by atoms with Crippen molar-refractivity contribution in [2.24, 2.45) is 4.36 Å². The summed E-state index contributed by atoms with van der Waals surface area (Å²) in [6.45, 7) is 3.89. The van der Waals surface area contributed by atoms with Gasteiger partial charge in [0.05, 0.1) is 0 Å². The first-order valence-corrected chi connectivity index (χ1v) is 9.15. The Morgan fingerprint density at radius 2 is 1.83 bits per heavy atom. The molecule has 2 unspecified atom stereocenters. The Morgan fingerprint density at radius 3 is 2.30 bits per heavy atom. The van der Waals surface area contributed by atoms with Crippen molar-refractivity contribution in [3.8, 4) is 0 Å². The lowest BCUT2D eigenvalue weighted by atomic mass is 10.2. The molecule has 0 aliphatic heterocycles. The van der Waals surface area contributed by atoms with Gasteiger partial charge in [0.1, 0.15) is 9.92 Å². The van der Waals surface area contributed by atoms with Crippen LogP contribution in [0.1, 0.15) is 30.6 Å². The molecule has 128 valence electrons. The van der Waals surface area contributed by atoms with E-state index in [1.165, 1.54) is 22.7 Å². The highest BCUT2D eigenvalue weighted by Crippen LogP contribution is 2.11. The molecule has 0 saturated carbocycles. The highest BCUT2D eigenvalue weighted by Gasteiger charge is 2.11. The molecule has 8 heteroatoms. The van der Waals surface area contributed by atoms with E-state index in [0.29, 0.717) is 11.3 Å². The molecule has 1 aromatic carbocycles. The minimum atomic E-state index is -2.71. The lowest BCUT2D eigenvalue weighted by Crippen LogP contribution is -2.35. The molecule has 0 aliphatic rings. The molecular formula is C15H24N4O3S. The Morgan fingerprint density at radius 1 is 1.26 bits per heavy atom. The molecule has 2 atom stereocenters. The number of hydrogen-bond acceptors (Lipinski definition) is 3. The van der Waals surface area contributed by atoms with Gasteiger partial charge in [-0.2, -0.15) is 0 Å². The molecule has 23 heavy (non-hydrogen) atoms. The van der Waals surface area contributed by atoms with Crippen molar-refractivity contribution in [2.75, 3.05) is 25.7 Å². The van der Waals surface area contributed by atoms with E-state index in [9.17, 15) is 13.8 Å². The first kappa shape index (κ1) is 19.1. The second-order valence-electron chi connectivity index (χ2n) is 5.46. The van der Waals surface area contributed by atoms with Crippen LogP contribution in [-0.4, -0.2) is 46.8 Å². The third-order valence-corrected chi connectivity index (χ3v) is 5.17. The minimum absolute atomic E-state index is 0.0818. The molecule has 0 heterocycles. The maximum absolute atomic E-state index is 12.1. The largest absolute Gasteiger partial charge is 0.335 e. The van der Waals surface area contributed by atoms with Crippen LogP contribution in [0.4, 0.5) is 10.5 Å². The number of benzene rings is 1. The average molecular weight is 340 g/mol. The van der Waals surface area contributed by atoms with Crippen molar-refractivity contribution >= 4 is 27.5 Å². The van der Waals surface area contributed by atoms with E-state index < -0.39 is 15.8 Å². The van der Waals surface area contributed by atoms with Crippen molar-refractivity contribution in [1.82, 2.24) is 9.62 Å². The van der Waals surface area contributed by atoms with E-state index in [0.717, 1.165) is 6.42 Å². The third-order valence-electron chi connectivity index (χ3n) is 3.31. The van der Waals surface area contributed by atoms with Gasteiger partial charge in [-0.05, 0) is 37.6 Å². The van der Waals surface area contributed by atoms with Crippen LogP contribution in [0.2, 0.25) is 0 Å². The first-order chi connectivity index (χ1) is 10.7. The predicted octanol–water partition coefficient (Wildman–Crippen LogP) is 2.32. The average Bonchev–Trinajstić information content (AvgIpc) is 2.46. The number of urea groups is 1. The molecule has 3 amide bonds. The smallest absolute Gasteiger partial charge is 0.319 e. The van der Waals surface area contributed by atoms with Gasteiger partial charge in [0.15, 0.2) is 0 Å². The van der Waals surface area contributed by atoms with E-state index in [-0.39, 0.29) is 12.1 Å². The van der Waals surface area contributed by atoms with Gasteiger partial charge in [-0.3, -0.25) is 4.79 Å². The summed E-state index contributed by atoms with van der Waals surface area (Å²) in [5.74, 6) is -0.554. The molecule has 7 nitrogen and oxygen atoms in total. The Labute approximate surface area is 137 Å². The van der Waals surface area contributed by atoms with E-state index in [1.807, 2.05) is 13.8 Å². The molecule has 2 N–H and O–H groups in total. The van der Waals surface area contributed by atoms with E-state index in [2.05, 4.69) is 15.0 Å². The van der Waals surface area contributed by atoms with Crippen LogP contribution in [0.15, 0.2) is 28.6 Å². The van der Waals surface area contributed by atoms with Crippen LogP contribution in [0, 0.1) is 0 Å². The Hall–Kier alpha value is -1.93. The number of carbonyl (C=O) groups excluding carboxylic acids is 2. The highest BCUT2D eigenvalue weighted by atomic mass is 32.2. The van der Waals surface area contributed by atoms with Gasteiger partial charge in [0.25, 0.3) is 5.91 Å². The SMILES string of the molecule is CCC(C)NC(=O)Nc1ccc(C(=O)N=S(C)(=O)N(C)C)cc1. The molecule has 0 radical (unpaired) electrons. The van der Waals surface area contributed by atoms with E-state index in [4.69, 9.17) is 0 Å². The summed E-state index contributed by atoms with van der Waals surface area (Å²) in [5, 5.41) is 5.46. The standard InChI is InChI=1S/C15H24N4O3S/c1-6-11(2)16-15(21)17-13-9-7-12(8-10-13)14(20)18-23(5,22)19(3)4/h7-11H,6H2,1-5H3,(H2,16,17,21). The molecule has 0 saturated heterocycles. The molecule has 0 aliphatic carbocycles. The lowest BCUT2D eigenvalue weighted by molar-refractivity contribution is 0.100. The number of hydrogen-bond donors (Lipinski definition) is 2. The summed E-state index contributed by atoms with van der Waals surface area (Å²) in [4.78, 5) is 23.7. The highest BCUT2D eigenvalue weighted by molar-refractivity contribution is 7.90. The zero-order valence-electron chi connectivity index (χ0n) is 14.1. The van der Waals surface area contributed by atoms with Gasteiger partial charge in [-0.1, -0.05) is 6.92 Å². The zero-order chi connectivity index (χ0) is 17.6. The minimum Gasteiger partial charge on any atom is -0.335 e. The van der Waals surface area contributed by atoms with Crippen molar-refractivity contribution in [3.63, 3.8) is 0 Å². The van der Waals surface area contributed by atoms with Crippen LogP contribution < -0.4 is 10.6 Å². The molecular weight excluding hydrogens is 316 g/mol. The maximum Gasteiger partial charge on any atom is 0.319 e. The molecule has 0 spiro atoms. The van der Waals surface area contributed by atoms with Crippen LogP contribution >= 0.6 is 0 Å². The predicted molar refractivity (Wildman–Crippen MR) is 92.9 cm³/mol. The molecule has 0 bridgehead atoms. The summed E-state index contributed by atoms with van der Waals surface area (Å²) in [6, 6.07) is 6.06. The van der Waals surface area contributed by atoms with Gasteiger partial charge in [0, 0.05) is 37.6 Å². The number of anilines is 1. The molecule has 0 fully saturated rings. The Kier molecular flexibility index (Phi) is 6.71. The second kappa shape index (κ2) is 8.07. The Balaban J connectivity index is 2.79. The number of carbonyl (C=O) groups is 2. The number of nitrogens with one attached hydrogen (secondary N) is 2. The fourth-order valence-electron chi connectivity index (χ4n) is 1.48. The monoisotopic (exact) mass is 340 g/mol. The molecule has 1 rings (SSSR count). The van der Waals surface area contributed by atoms with Gasteiger partial charge >= 0.3 is 6.03 Å². The van der Waals surface area contributed by atoms with Crippen LogP contribution in [0.25, 0.3) is 0 Å². The summed E-state index contributed by atoms with van der Waals surface area (Å²) in [5.41, 5.74) is 0.876. The maximum atomic E-state index is 12.1. The van der Waals surface area contributed by atoms with Gasteiger partial charge in [0.2, 0.25) is 0 Å². The quantitative estimate of drug-likeness (QED) is 0.862. The number of nitrogens with zero attached hydrogens (tertiary/aromatic N) is 2. The van der Waals surface area contributed by atoms with Crippen LogP contribution in [0.3, 0.4) is 0 Å². The van der Waals surface area contributed by atoms with E-state index in [1.54, 1.807) is 26.2 Å². The van der Waals surface area contributed by atoms with Crippen molar-refractivity contribution in [3.05, 3.63) is 29.8 Å². The van der Waals surface area contributed by atoms with Crippen LogP contribution in [0.5, 0.6) is 0 Å². The van der Waals surface area contributed by atoms with Crippen molar-refractivity contribution in [1.29, 1.82) is 0 Å². The topological polar surface area (TPSA) is 90.9 Å². The Bertz CT molecular complexity index is 676. The van der Waals surface area contributed by atoms with Gasteiger partial charge in [-0.15, -0.1) is 4.36 Å². The summed E-state index contributed by atoms with van der Waals surface area (Å²) < 4.78 is 17.2. The normalized spacial score (nSPS) is 14.7. The first-order valence-electron chi connectivity index (χ1n) is 7.27. The van der Waals surface area contributed by atoms with Crippen LogP contribution in [-0.2, 0) is 9.92 Å². The number of amides is 3. The summed E-state index contributed by atoms with van der Waals surface area (Å²) in [6.07, 6.45) is 2.24. The van der Waals surface area contributed by atoms with Gasteiger partial charge in [-0.25, -0.2) is 13.3 Å². The molecule has 0 aromatic heterocycles. The fourth-order valence-corrected chi connectivity index (χ4v) is 2.05. The molecule has 1 aromatic rings. The van der Waals surface area contributed by atoms with Gasteiger partial charge < -0.3 is 10.6 Å². The summed E-state index contributed by atoms with van der Waals surface area (Å²) in [7, 11) is 0.486. The van der Waals surface area contributed by atoms with E-state index >= 15 is 0 Å². The second-order valence-corrected chi connectivity index (χ2v) is 7.89. The number of rotatable bonds is 5. The zero-order valence-corrected chi connectivity index (χ0v) is 14.9. The summed E-state index contributed by atoms with van der Waals surface area (Å²) >= 11 is 0.